The summed E-state index contributed by atoms with van der Waals surface area (Å²) < 4.78 is 10.9. The van der Waals surface area contributed by atoms with Crippen molar-refractivity contribution in [3.63, 3.8) is 0 Å². The number of hydrogen-bond donors (Lipinski definition) is 2. The van der Waals surface area contributed by atoms with E-state index in [-0.39, 0.29) is 23.9 Å². The summed E-state index contributed by atoms with van der Waals surface area (Å²) in [5.41, 5.74) is 9.09. The predicted molar refractivity (Wildman–Crippen MR) is 170 cm³/mol. The highest BCUT2D eigenvalue weighted by atomic mass is 32.2. The summed E-state index contributed by atoms with van der Waals surface area (Å²) >= 11 is 1.40. The van der Waals surface area contributed by atoms with Crippen molar-refractivity contribution in [2.45, 2.75) is 84.0 Å². The summed E-state index contributed by atoms with van der Waals surface area (Å²) in [6.07, 6.45) is 8.25. The van der Waals surface area contributed by atoms with E-state index in [4.69, 9.17) is 4.74 Å². The highest BCUT2D eigenvalue weighted by molar-refractivity contribution is 7.96. The van der Waals surface area contributed by atoms with Crippen LogP contribution in [0.15, 0.2) is 42.5 Å². The minimum absolute atomic E-state index is 0.0993. The third kappa shape index (κ3) is 5.02. The first-order chi connectivity index (χ1) is 19.7. The zero-order valence-corrected chi connectivity index (χ0v) is 26.2. The van der Waals surface area contributed by atoms with Crippen molar-refractivity contribution in [1.82, 2.24) is 19.7 Å². The van der Waals surface area contributed by atoms with Crippen LogP contribution in [0.5, 0.6) is 5.75 Å². The molecule has 6 rings (SSSR count). The number of carbonyl (C=O) groups excluding carboxylic acids is 1. The van der Waals surface area contributed by atoms with Gasteiger partial charge in [0.1, 0.15) is 5.75 Å². The van der Waals surface area contributed by atoms with E-state index in [1.165, 1.54) is 71.8 Å². The van der Waals surface area contributed by atoms with Crippen molar-refractivity contribution < 1.29 is 9.53 Å². The molecule has 1 fully saturated rings. The summed E-state index contributed by atoms with van der Waals surface area (Å²) in [5, 5.41) is 5.23. The van der Waals surface area contributed by atoms with Crippen LogP contribution in [-0.2, 0) is 6.54 Å². The standard InChI is InChI=1S/C33H45N5O2S/c1-21(2)33(4)34-22(3)24-19-37-28-18-25(36(5)32(39)38(35-33)41-6)16-17-26(28)30(23-12-8-7-9-13-23)31(37)27-14-10-11-15-29(27)40-20-24/h10-11,14-18,21-24,34-35H,7-9,12-13,19-20H2,1-6H3/t22?,24-,33?/m0/s1. The topological polar surface area (TPSA) is 61.8 Å². The molecule has 3 atom stereocenters. The van der Waals surface area contributed by atoms with Crippen molar-refractivity contribution in [3.05, 3.63) is 48.0 Å². The maximum absolute atomic E-state index is 13.9. The average molecular weight is 576 g/mol. The number of anilines is 1. The lowest BCUT2D eigenvalue weighted by molar-refractivity contribution is 0.0956. The molecule has 1 aromatic heterocycles. The molecule has 41 heavy (non-hydrogen) atoms. The number of rotatable bonds is 3. The fourth-order valence-electron chi connectivity index (χ4n) is 6.98. The molecule has 4 bridgehead atoms. The van der Waals surface area contributed by atoms with Crippen LogP contribution in [0.1, 0.15) is 71.3 Å². The number of hydrogen-bond acceptors (Lipinski definition) is 5. The molecule has 8 heteroatoms. The molecule has 7 nitrogen and oxygen atoms in total. The number of urea groups is 1. The summed E-state index contributed by atoms with van der Waals surface area (Å²) in [7, 11) is 1.88. The fourth-order valence-corrected chi connectivity index (χ4v) is 7.54. The van der Waals surface area contributed by atoms with Gasteiger partial charge in [0.05, 0.1) is 23.5 Å². The molecule has 2 aromatic carbocycles. The first-order valence-corrected chi connectivity index (χ1v) is 16.5. The summed E-state index contributed by atoms with van der Waals surface area (Å²) in [6, 6.07) is 15.2. The lowest BCUT2D eigenvalue weighted by atomic mass is 9.81. The fraction of sp³-hybridized carbons (Fsp3) is 0.545. The largest absolute Gasteiger partial charge is 0.492 e. The number of benzene rings is 2. The molecule has 2 amide bonds. The third-order valence-corrected chi connectivity index (χ3v) is 10.5. The Kier molecular flexibility index (Phi) is 7.76. The molecule has 1 aliphatic carbocycles. The highest BCUT2D eigenvalue weighted by Crippen LogP contribution is 2.48. The molecule has 0 radical (unpaired) electrons. The number of nitrogens with one attached hydrogen (secondary N) is 2. The third-order valence-electron chi connectivity index (χ3n) is 9.87. The van der Waals surface area contributed by atoms with E-state index in [2.05, 4.69) is 85.5 Å². The summed E-state index contributed by atoms with van der Waals surface area (Å²) in [6.45, 7) is 10.2. The van der Waals surface area contributed by atoms with E-state index in [0.717, 1.165) is 18.0 Å². The molecular weight excluding hydrogens is 530 g/mol. The molecule has 2 aliphatic heterocycles. The van der Waals surface area contributed by atoms with Gasteiger partial charge in [-0.1, -0.05) is 51.3 Å². The van der Waals surface area contributed by atoms with Crippen LogP contribution >= 0.6 is 11.9 Å². The Hall–Kier alpha value is -2.68. The quantitative estimate of drug-likeness (QED) is 0.319. The van der Waals surface area contributed by atoms with Crippen molar-refractivity contribution in [2.24, 2.45) is 11.8 Å². The van der Waals surface area contributed by atoms with Crippen LogP contribution in [0.3, 0.4) is 0 Å². The Labute approximate surface area is 249 Å². The van der Waals surface area contributed by atoms with Gasteiger partial charge in [0.25, 0.3) is 0 Å². The molecule has 2 N–H and O–H groups in total. The van der Waals surface area contributed by atoms with Gasteiger partial charge in [-0.25, -0.2) is 4.79 Å². The van der Waals surface area contributed by atoms with E-state index in [0.29, 0.717) is 12.5 Å². The van der Waals surface area contributed by atoms with Gasteiger partial charge in [0, 0.05) is 48.4 Å². The number of carbonyl (C=O) groups is 1. The van der Waals surface area contributed by atoms with Crippen molar-refractivity contribution >= 4 is 34.6 Å². The number of para-hydroxylation sites is 1. The number of ether oxygens (including phenoxy) is 1. The number of nitrogens with zero attached hydrogens (tertiary/aromatic N) is 3. The van der Waals surface area contributed by atoms with Gasteiger partial charge in [0.2, 0.25) is 0 Å². The maximum atomic E-state index is 13.9. The SMILES string of the molecule is CSN1NC(C)(C(C)C)NC(C)[C@@H]2COc3ccccc3-c3c(C4CCCCC4)c4ccc(cc4n3C2)N(C)C1=O. The van der Waals surface area contributed by atoms with Gasteiger partial charge < -0.3 is 9.30 Å². The van der Waals surface area contributed by atoms with Gasteiger partial charge in [-0.15, -0.1) is 0 Å². The molecule has 0 saturated heterocycles. The molecule has 3 aromatic rings. The van der Waals surface area contributed by atoms with Crippen molar-refractivity contribution in [3.8, 4) is 17.0 Å². The molecule has 220 valence electrons. The van der Waals surface area contributed by atoms with Crippen LogP contribution in [0.25, 0.3) is 22.2 Å². The van der Waals surface area contributed by atoms with Gasteiger partial charge in [-0.2, -0.15) is 9.84 Å². The molecule has 3 heterocycles. The van der Waals surface area contributed by atoms with Crippen molar-refractivity contribution in [2.75, 3.05) is 24.8 Å². The zero-order chi connectivity index (χ0) is 28.9. The van der Waals surface area contributed by atoms with Crippen LogP contribution in [0, 0.1) is 11.8 Å². The number of amides is 2. The number of aromatic nitrogens is 1. The second-order valence-corrected chi connectivity index (χ2v) is 13.4. The predicted octanol–water partition coefficient (Wildman–Crippen LogP) is 7.37. The second kappa shape index (κ2) is 11.2. The Bertz CT molecular complexity index is 1430. The summed E-state index contributed by atoms with van der Waals surface area (Å²) in [4.78, 5) is 15.6. The minimum Gasteiger partial charge on any atom is -0.492 e. The molecule has 1 saturated carbocycles. The van der Waals surface area contributed by atoms with Gasteiger partial charge in [-0.3, -0.25) is 10.2 Å². The Morgan fingerprint density at radius 1 is 1.10 bits per heavy atom. The first-order valence-electron chi connectivity index (χ1n) is 15.3. The van der Waals surface area contributed by atoms with E-state index >= 15 is 0 Å². The minimum atomic E-state index is -0.520. The molecule has 2 unspecified atom stereocenters. The van der Waals surface area contributed by atoms with Gasteiger partial charge in [0.15, 0.2) is 0 Å². The van der Waals surface area contributed by atoms with Gasteiger partial charge >= 0.3 is 6.03 Å². The highest BCUT2D eigenvalue weighted by Gasteiger charge is 2.38. The smallest absolute Gasteiger partial charge is 0.349 e. The Balaban J connectivity index is 1.62. The Morgan fingerprint density at radius 3 is 2.59 bits per heavy atom. The second-order valence-electron chi connectivity index (χ2n) is 12.7. The normalized spacial score (nSPS) is 25.9. The Morgan fingerprint density at radius 2 is 1.85 bits per heavy atom. The number of fused-ring (bicyclic) bond motifs is 4. The zero-order valence-electron chi connectivity index (χ0n) is 25.4. The number of hydrazine groups is 1. The van der Waals surface area contributed by atoms with E-state index < -0.39 is 5.66 Å². The van der Waals surface area contributed by atoms with E-state index in [1.807, 2.05) is 13.3 Å². The van der Waals surface area contributed by atoms with Crippen LogP contribution in [0.2, 0.25) is 0 Å². The first kappa shape index (κ1) is 28.4. The molecule has 3 aliphatic rings. The van der Waals surface area contributed by atoms with Gasteiger partial charge in [-0.05, 0) is 80.3 Å². The summed E-state index contributed by atoms with van der Waals surface area (Å²) in [5.74, 6) is 1.90. The lowest BCUT2D eigenvalue weighted by Gasteiger charge is -2.43. The molecular formula is C33H45N5O2S. The van der Waals surface area contributed by atoms with Crippen molar-refractivity contribution in [1.29, 1.82) is 0 Å². The monoisotopic (exact) mass is 575 g/mol. The van der Waals surface area contributed by atoms with Crippen LogP contribution in [0.4, 0.5) is 10.5 Å². The molecule has 0 spiro atoms. The van der Waals surface area contributed by atoms with Crippen LogP contribution in [-0.4, -0.2) is 46.6 Å². The maximum Gasteiger partial charge on any atom is 0.349 e. The van der Waals surface area contributed by atoms with E-state index in [9.17, 15) is 4.79 Å². The van der Waals surface area contributed by atoms with Crippen LogP contribution < -0.4 is 20.4 Å². The van der Waals surface area contributed by atoms with E-state index in [1.54, 1.807) is 9.31 Å². The average Bonchev–Trinajstić information content (AvgIpc) is 3.28. The lowest BCUT2D eigenvalue weighted by Crippen LogP contribution is -2.67.